The van der Waals surface area contributed by atoms with Crippen LogP contribution in [0.4, 0.5) is 14.9 Å². The Hall–Kier alpha value is -1.70. The molecule has 0 saturated carbocycles. The zero-order valence-corrected chi connectivity index (χ0v) is 13.9. The first-order valence-corrected chi connectivity index (χ1v) is 8.55. The summed E-state index contributed by atoms with van der Waals surface area (Å²) in [4.78, 5) is 18.9. The van der Waals surface area contributed by atoms with E-state index in [2.05, 4.69) is 15.1 Å². The largest absolute Gasteiger partial charge is 0.379 e. The quantitative estimate of drug-likeness (QED) is 0.901. The van der Waals surface area contributed by atoms with Crippen molar-refractivity contribution in [3.8, 4) is 0 Å². The van der Waals surface area contributed by atoms with Crippen molar-refractivity contribution in [2.75, 3.05) is 70.9 Å². The number of carbonyl (C=O) groups is 1. The molecule has 0 aromatic heterocycles. The van der Waals surface area contributed by atoms with Gasteiger partial charge >= 0.3 is 6.03 Å². The van der Waals surface area contributed by atoms with Crippen LogP contribution < -0.4 is 5.32 Å². The molecule has 6 nitrogen and oxygen atoms in total. The summed E-state index contributed by atoms with van der Waals surface area (Å²) >= 11 is 0. The van der Waals surface area contributed by atoms with Crippen LogP contribution in [0.5, 0.6) is 0 Å². The number of carbonyl (C=O) groups excluding carboxylic acids is 1. The third-order valence-electron chi connectivity index (χ3n) is 4.59. The van der Waals surface area contributed by atoms with E-state index in [1.54, 1.807) is 12.1 Å². The van der Waals surface area contributed by atoms with E-state index in [0.29, 0.717) is 5.69 Å². The Kier molecular flexibility index (Phi) is 6.01. The van der Waals surface area contributed by atoms with Crippen LogP contribution in [-0.4, -0.2) is 86.3 Å². The molecule has 2 aliphatic heterocycles. The zero-order valence-electron chi connectivity index (χ0n) is 13.9. The standard InChI is InChI=1S/C17H25FN4O2/c18-15-1-3-16(4-2-15)19-17(23)22-9-7-20(8-10-22)5-6-21-11-13-24-14-12-21/h1-4H,5-14H2,(H,19,23). The minimum atomic E-state index is -0.304. The Balaban J connectivity index is 1.38. The van der Waals surface area contributed by atoms with Crippen molar-refractivity contribution < 1.29 is 13.9 Å². The molecular weight excluding hydrogens is 311 g/mol. The third-order valence-corrected chi connectivity index (χ3v) is 4.59. The number of anilines is 1. The summed E-state index contributed by atoms with van der Waals surface area (Å²) in [6.45, 7) is 9.00. The number of benzene rings is 1. The van der Waals surface area contributed by atoms with Gasteiger partial charge in [-0.3, -0.25) is 9.80 Å². The lowest BCUT2D eigenvalue weighted by Gasteiger charge is -2.36. The average molecular weight is 336 g/mol. The molecule has 0 radical (unpaired) electrons. The number of ether oxygens (including phenoxy) is 1. The number of nitrogens with zero attached hydrogens (tertiary/aromatic N) is 3. The highest BCUT2D eigenvalue weighted by molar-refractivity contribution is 5.89. The lowest BCUT2D eigenvalue weighted by Crippen LogP contribution is -2.51. The van der Waals surface area contributed by atoms with E-state index in [1.165, 1.54) is 12.1 Å². The van der Waals surface area contributed by atoms with Gasteiger partial charge in [0.05, 0.1) is 13.2 Å². The molecule has 2 amide bonds. The van der Waals surface area contributed by atoms with E-state index in [4.69, 9.17) is 4.74 Å². The highest BCUT2D eigenvalue weighted by Gasteiger charge is 2.21. The van der Waals surface area contributed by atoms with Gasteiger partial charge in [-0.15, -0.1) is 0 Å². The molecule has 2 fully saturated rings. The minimum absolute atomic E-state index is 0.116. The van der Waals surface area contributed by atoms with Crippen molar-refractivity contribution in [2.24, 2.45) is 0 Å². The molecule has 132 valence electrons. The van der Waals surface area contributed by atoms with Crippen molar-refractivity contribution in [3.05, 3.63) is 30.1 Å². The van der Waals surface area contributed by atoms with Gasteiger partial charge in [0.25, 0.3) is 0 Å². The predicted octanol–water partition coefficient (Wildman–Crippen LogP) is 1.31. The van der Waals surface area contributed by atoms with E-state index in [1.807, 2.05) is 4.90 Å². The van der Waals surface area contributed by atoms with Gasteiger partial charge in [-0.2, -0.15) is 0 Å². The summed E-state index contributed by atoms with van der Waals surface area (Å²) in [5.74, 6) is -0.304. The maximum Gasteiger partial charge on any atom is 0.321 e. The Morgan fingerprint density at radius 2 is 1.54 bits per heavy atom. The van der Waals surface area contributed by atoms with Gasteiger partial charge in [0.2, 0.25) is 0 Å². The summed E-state index contributed by atoms with van der Waals surface area (Å²) in [5, 5.41) is 2.82. The van der Waals surface area contributed by atoms with Crippen molar-refractivity contribution in [1.82, 2.24) is 14.7 Å². The first kappa shape index (κ1) is 17.1. The summed E-state index contributed by atoms with van der Waals surface area (Å²) < 4.78 is 18.2. The van der Waals surface area contributed by atoms with Crippen LogP contribution in [-0.2, 0) is 4.74 Å². The van der Waals surface area contributed by atoms with Gasteiger partial charge in [0.15, 0.2) is 0 Å². The molecule has 24 heavy (non-hydrogen) atoms. The van der Waals surface area contributed by atoms with Crippen LogP contribution in [0.25, 0.3) is 0 Å². The third kappa shape index (κ3) is 4.90. The number of rotatable bonds is 4. The fraction of sp³-hybridized carbons (Fsp3) is 0.588. The van der Waals surface area contributed by atoms with E-state index in [9.17, 15) is 9.18 Å². The fourth-order valence-electron chi connectivity index (χ4n) is 3.02. The Labute approximate surface area is 142 Å². The van der Waals surface area contributed by atoms with Crippen LogP contribution >= 0.6 is 0 Å². The topological polar surface area (TPSA) is 48.1 Å². The molecule has 1 N–H and O–H groups in total. The van der Waals surface area contributed by atoms with Crippen LogP contribution in [0.2, 0.25) is 0 Å². The number of nitrogens with one attached hydrogen (secondary N) is 1. The van der Waals surface area contributed by atoms with Crippen LogP contribution in [0.3, 0.4) is 0 Å². The molecule has 1 aromatic rings. The summed E-state index contributed by atoms with van der Waals surface area (Å²) in [5.41, 5.74) is 0.621. The van der Waals surface area contributed by atoms with Crippen molar-refractivity contribution in [3.63, 3.8) is 0 Å². The van der Waals surface area contributed by atoms with Crippen molar-refractivity contribution >= 4 is 11.7 Å². The van der Waals surface area contributed by atoms with Crippen LogP contribution in [0, 0.1) is 5.82 Å². The SMILES string of the molecule is O=C(Nc1ccc(F)cc1)N1CCN(CCN2CCOCC2)CC1. The molecule has 0 unspecified atom stereocenters. The second kappa shape index (κ2) is 8.41. The van der Waals surface area contributed by atoms with E-state index in [-0.39, 0.29) is 11.8 Å². The molecule has 0 aliphatic carbocycles. The maximum atomic E-state index is 12.9. The Bertz CT molecular complexity index is 526. The molecular formula is C17H25FN4O2. The number of halogens is 1. The normalized spacial score (nSPS) is 20.1. The Morgan fingerprint density at radius 1 is 0.958 bits per heavy atom. The highest BCUT2D eigenvalue weighted by Crippen LogP contribution is 2.11. The minimum Gasteiger partial charge on any atom is -0.379 e. The molecule has 0 spiro atoms. The smallest absolute Gasteiger partial charge is 0.321 e. The zero-order chi connectivity index (χ0) is 16.8. The molecule has 2 heterocycles. The molecule has 3 rings (SSSR count). The van der Waals surface area contributed by atoms with E-state index in [0.717, 1.165) is 65.6 Å². The van der Waals surface area contributed by atoms with Gasteiger partial charge < -0.3 is 15.0 Å². The molecule has 7 heteroatoms. The Morgan fingerprint density at radius 3 is 2.17 bits per heavy atom. The average Bonchev–Trinajstić information content (AvgIpc) is 2.63. The molecule has 2 saturated heterocycles. The molecule has 1 aromatic carbocycles. The highest BCUT2D eigenvalue weighted by atomic mass is 19.1. The van der Waals surface area contributed by atoms with Crippen LogP contribution in [0.15, 0.2) is 24.3 Å². The second-order valence-corrected chi connectivity index (χ2v) is 6.22. The van der Waals surface area contributed by atoms with E-state index < -0.39 is 0 Å². The first-order chi connectivity index (χ1) is 11.7. The predicted molar refractivity (Wildman–Crippen MR) is 90.7 cm³/mol. The summed E-state index contributed by atoms with van der Waals surface area (Å²) in [6.07, 6.45) is 0. The number of piperazine rings is 1. The first-order valence-electron chi connectivity index (χ1n) is 8.55. The van der Waals surface area contributed by atoms with Gasteiger partial charge in [0, 0.05) is 58.0 Å². The number of amides is 2. The summed E-state index contributed by atoms with van der Waals surface area (Å²) in [7, 11) is 0. The number of hydrogen-bond acceptors (Lipinski definition) is 4. The van der Waals surface area contributed by atoms with Crippen molar-refractivity contribution in [2.45, 2.75) is 0 Å². The number of urea groups is 1. The molecule has 0 bridgehead atoms. The lowest BCUT2D eigenvalue weighted by atomic mass is 10.3. The molecule has 2 aliphatic rings. The monoisotopic (exact) mass is 336 g/mol. The van der Waals surface area contributed by atoms with E-state index >= 15 is 0 Å². The van der Waals surface area contributed by atoms with Gasteiger partial charge in [-0.25, -0.2) is 9.18 Å². The summed E-state index contributed by atoms with van der Waals surface area (Å²) in [6, 6.07) is 5.73. The fourth-order valence-corrected chi connectivity index (χ4v) is 3.02. The van der Waals surface area contributed by atoms with Crippen LogP contribution in [0.1, 0.15) is 0 Å². The second-order valence-electron chi connectivity index (χ2n) is 6.22. The van der Waals surface area contributed by atoms with Gasteiger partial charge in [-0.1, -0.05) is 0 Å². The lowest BCUT2D eigenvalue weighted by molar-refractivity contribution is 0.0311. The number of morpholine rings is 1. The molecule has 0 atom stereocenters. The van der Waals surface area contributed by atoms with Crippen molar-refractivity contribution in [1.29, 1.82) is 0 Å². The number of hydrogen-bond donors (Lipinski definition) is 1. The van der Waals surface area contributed by atoms with Gasteiger partial charge in [0.1, 0.15) is 5.82 Å². The maximum absolute atomic E-state index is 12.9. The van der Waals surface area contributed by atoms with Gasteiger partial charge in [-0.05, 0) is 24.3 Å².